The van der Waals surface area contributed by atoms with Gasteiger partial charge in [0.1, 0.15) is 23.9 Å². The highest BCUT2D eigenvalue weighted by Crippen LogP contribution is 2.41. The number of aryl methyl sites for hydroxylation is 1. The van der Waals surface area contributed by atoms with E-state index in [0.29, 0.717) is 50.3 Å². The van der Waals surface area contributed by atoms with E-state index in [1.807, 2.05) is 19.9 Å². The van der Waals surface area contributed by atoms with Crippen molar-refractivity contribution in [1.29, 1.82) is 0 Å². The van der Waals surface area contributed by atoms with Crippen LogP contribution in [0.4, 0.5) is 0 Å². The number of piperidine rings is 1. The normalized spacial score (nSPS) is 22.0. The van der Waals surface area contributed by atoms with E-state index in [2.05, 4.69) is 97.1 Å². The van der Waals surface area contributed by atoms with E-state index in [4.69, 9.17) is 4.74 Å². The van der Waals surface area contributed by atoms with Crippen molar-refractivity contribution in [3.05, 3.63) is 90.0 Å². The lowest BCUT2D eigenvalue weighted by atomic mass is 9.84. The van der Waals surface area contributed by atoms with Gasteiger partial charge in [0, 0.05) is 56.0 Å². The van der Waals surface area contributed by atoms with E-state index < -0.39 is 47.2 Å². The number of carbonyl (C=O) groups is 5. The molecule has 6 bridgehead atoms. The zero-order chi connectivity index (χ0) is 49.3. The summed E-state index contributed by atoms with van der Waals surface area (Å²) >= 11 is 0. The van der Waals surface area contributed by atoms with Crippen molar-refractivity contribution in [2.45, 2.75) is 110 Å². The molecule has 14 heteroatoms. The molecule has 8 rings (SSSR count). The number of aromatic nitrogens is 1. The molecule has 0 unspecified atom stereocenters. The number of nitrogens with zero attached hydrogens (tertiary/aromatic N) is 5. The third-order valence-corrected chi connectivity index (χ3v) is 14.9. The van der Waals surface area contributed by atoms with Gasteiger partial charge in [-0.3, -0.25) is 29.0 Å². The van der Waals surface area contributed by atoms with Gasteiger partial charge in [-0.15, -0.1) is 0 Å². The maximum Gasteiger partial charge on any atom is 0.324 e. The number of nitrogens with one attached hydrogen (secondary N) is 2. The first-order valence-electron chi connectivity index (χ1n) is 24.9. The van der Waals surface area contributed by atoms with Crippen LogP contribution >= 0.6 is 0 Å². The Hall–Kier alpha value is -5.99. The molecule has 4 amide bonds. The number of benzene rings is 3. The van der Waals surface area contributed by atoms with Gasteiger partial charge in [-0.25, -0.2) is 5.43 Å². The number of rotatable bonds is 9. The fraction of sp³-hybridized carbons (Fsp3) is 0.509. The Morgan fingerprint density at radius 1 is 0.957 bits per heavy atom. The fourth-order valence-corrected chi connectivity index (χ4v) is 11.2. The van der Waals surface area contributed by atoms with Crippen LogP contribution in [0.15, 0.2) is 73.3 Å². The highest BCUT2D eigenvalue weighted by Gasteiger charge is 2.40. The highest BCUT2D eigenvalue weighted by atomic mass is 16.5. The minimum absolute atomic E-state index is 0.00852. The number of hydrazine groups is 1. The summed E-state index contributed by atoms with van der Waals surface area (Å²) in [7, 11) is 3.78. The predicted molar refractivity (Wildman–Crippen MR) is 268 cm³/mol. The quantitative estimate of drug-likeness (QED) is 0.123. The second kappa shape index (κ2) is 20.5. The number of carbonyl (C=O) groups excluding carboxylic acids is 5. The lowest BCUT2D eigenvalue weighted by Gasteiger charge is -2.37. The molecule has 0 saturated carbocycles. The highest BCUT2D eigenvalue weighted by molar-refractivity contribution is 5.96. The van der Waals surface area contributed by atoms with E-state index in [1.165, 1.54) is 21.5 Å². The zero-order valence-electron chi connectivity index (χ0n) is 41.6. The molecule has 3 saturated heterocycles. The monoisotopic (exact) mass is 942 g/mol. The summed E-state index contributed by atoms with van der Waals surface area (Å²) < 4.78 is 8.52. The smallest absolute Gasteiger partial charge is 0.324 e. The summed E-state index contributed by atoms with van der Waals surface area (Å²) in [6.45, 7) is 17.7. The standard InChI is InChI=1S/C55H71N7O7/c1-9-48(64)60-25-21-40(32-60)52(66)59(8)49(34(3)4)51(65)56-46-28-35-26-41(29-42(63)27-35)39-17-18-47-43(30-39)44(31-55(5,6)33-69-54(68)45-12-11-22-62(57-45)53(46)67)50(61(47)10-2)38-15-13-36(14-16-38)37-19-23-58(7)24-20-37/h9,13-18,26-27,29-30,34,37,40,45-46,49,57,63H,1,10-12,19-25,28,31-33H2,2-8H3,(H,56,65)/t40-,45-,46-,49-/m0/s1. The Bertz CT molecular complexity index is 2590. The van der Waals surface area contributed by atoms with Gasteiger partial charge >= 0.3 is 5.97 Å². The molecule has 0 aliphatic carbocycles. The van der Waals surface area contributed by atoms with E-state index in [9.17, 15) is 29.1 Å². The molecule has 4 atom stereocenters. The van der Waals surface area contributed by atoms with Crippen LogP contribution in [0.1, 0.15) is 89.3 Å². The number of likely N-dealkylation sites (N-methyl/N-ethyl adjacent to an activating group) is 1. The van der Waals surface area contributed by atoms with Crippen LogP contribution in [-0.2, 0) is 48.1 Å². The minimum atomic E-state index is -1.15. The van der Waals surface area contributed by atoms with Crippen molar-refractivity contribution in [3.8, 4) is 28.1 Å². The number of phenols is 1. The number of ether oxygens (including phenoxy) is 1. The molecule has 4 aliphatic heterocycles. The van der Waals surface area contributed by atoms with Crippen molar-refractivity contribution < 1.29 is 33.8 Å². The number of hydrogen-bond acceptors (Lipinski definition) is 9. The van der Waals surface area contributed by atoms with Gasteiger partial charge in [0.05, 0.1) is 18.2 Å². The molecular formula is C55H71N7O7. The summed E-state index contributed by atoms with van der Waals surface area (Å²) in [6, 6.07) is 17.9. The van der Waals surface area contributed by atoms with Gasteiger partial charge in [-0.1, -0.05) is 70.7 Å². The number of fused-ring (bicyclic) bond motifs is 6. The van der Waals surface area contributed by atoms with Crippen LogP contribution in [-0.4, -0.2) is 131 Å². The maximum absolute atomic E-state index is 14.7. The van der Waals surface area contributed by atoms with Crippen molar-refractivity contribution in [2.75, 3.05) is 53.4 Å². The van der Waals surface area contributed by atoms with Gasteiger partial charge in [-0.2, -0.15) is 0 Å². The molecule has 1 aromatic heterocycles. The molecule has 14 nitrogen and oxygen atoms in total. The molecule has 0 radical (unpaired) electrons. The van der Waals surface area contributed by atoms with Crippen LogP contribution in [0.2, 0.25) is 0 Å². The first kappa shape index (κ1) is 49.4. The average molecular weight is 942 g/mol. The van der Waals surface area contributed by atoms with Crippen LogP contribution in [0, 0.1) is 17.3 Å². The summed E-state index contributed by atoms with van der Waals surface area (Å²) in [5, 5.41) is 16.8. The van der Waals surface area contributed by atoms with Crippen LogP contribution in [0.5, 0.6) is 5.75 Å². The van der Waals surface area contributed by atoms with Crippen LogP contribution in [0.25, 0.3) is 33.3 Å². The molecule has 4 aliphatic rings. The number of amides is 4. The number of cyclic esters (lactones) is 1. The van der Waals surface area contributed by atoms with Gasteiger partial charge in [0.25, 0.3) is 5.91 Å². The molecule has 3 fully saturated rings. The van der Waals surface area contributed by atoms with Crippen molar-refractivity contribution in [2.24, 2.45) is 17.3 Å². The summed E-state index contributed by atoms with van der Waals surface area (Å²) in [5.74, 6) is -2.22. The average Bonchev–Trinajstić information content (AvgIpc) is 3.95. The molecule has 4 aromatic rings. The summed E-state index contributed by atoms with van der Waals surface area (Å²) in [4.78, 5) is 74.9. The van der Waals surface area contributed by atoms with E-state index in [1.54, 1.807) is 24.1 Å². The van der Waals surface area contributed by atoms with Crippen molar-refractivity contribution in [3.63, 3.8) is 0 Å². The Morgan fingerprint density at radius 3 is 2.38 bits per heavy atom. The first-order valence-corrected chi connectivity index (χ1v) is 24.9. The minimum Gasteiger partial charge on any atom is -0.508 e. The van der Waals surface area contributed by atoms with Gasteiger partial charge < -0.3 is 34.4 Å². The number of hydrogen-bond donors (Lipinski definition) is 3. The Morgan fingerprint density at radius 2 is 1.68 bits per heavy atom. The summed E-state index contributed by atoms with van der Waals surface area (Å²) in [6.07, 6.45) is 5.58. The molecule has 5 heterocycles. The second-order valence-electron chi connectivity index (χ2n) is 21.0. The van der Waals surface area contributed by atoms with Crippen molar-refractivity contribution in [1.82, 2.24) is 35.0 Å². The van der Waals surface area contributed by atoms with E-state index >= 15 is 0 Å². The molecular weight excluding hydrogens is 871 g/mol. The third kappa shape index (κ3) is 10.6. The van der Waals surface area contributed by atoms with Gasteiger partial charge in [0.15, 0.2) is 0 Å². The van der Waals surface area contributed by atoms with Crippen LogP contribution in [0.3, 0.4) is 0 Å². The lowest BCUT2D eigenvalue weighted by Crippen LogP contribution is -2.62. The largest absolute Gasteiger partial charge is 0.508 e. The molecule has 3 N–H and O–H groups in total. The zero-order valence-corrected chi connectivity index (χ0v) is 41.6. The SMILES string of the molecule is C=CC(=O)N1CC[C@H](C(=O)N(C)[C@H](C(=O)N[C@H]2Cc3cc(O)cc(c3)-c3ccc4c(c3)c(c(-c3ccc(C5CCN(C)CC5)cc3)n4CC)CC(C)(C)COC(=O)[C@@H]3CCCN(N3)C2=O)C(C)C)C1. The number of esters is 1. The molecule has 3 aromatic carbocycles. The van der Waals surface area contributed by atoms with Gasteiger partial charge in [0.2, 0.25) is 17.7 Å². The second-order valence-corrected chi connectivity index (χ2v) is 21.0. The number of phenolic OH excluding ortho intramolecular Hbond substituents is 1. The third-order valence-electron chi connectivity index (χ3n) is 14.9. The Balaban J connectivity index is 1.17. The Kier molecular flexibility index (Phi) is 14.7. The van der Waals surface area contributed by atoms with Crippen LogP contribution < -0.4 is 10.7 Å². The molecule has 0 spiro atoms. The maximum atomic E-state index is 14.7. The lowest BCUT2D eigenvalue weighted by molar-refractivity contribution is -0.155. The summed E-state index contributed by atoms with van der Waals surface area (Å²) in [5.41, 5.74) is 10.7. The molecule has 368 valence electrons. The van der Waals surface area contributed by atoms with E-state index in [-0.39, 0.29) is 43.1 Å². The number of aromatic hydroxyl groups is 1. The Labute approximate surface area is 407 Å². The fourth-order valence-electron chi connectivity index (χ4n) is 11.2. The van der Waals surface area contributed by atoms with E-state index in [0.717, 1.165) is 71.3 Å². The first-order chi connectivity index (χ1) is 32.9. The predicted octanol–water partition coefficient (Wildman–Crippen LogP) is 6.68. The number of likely N-dealkylation sites (tertiary alicyclic amines) is 2. The topological polar surface area (TPSA) is 157 Å². The van der Waals surface area contributed by atoms with Gasteiger partial charge in [-0.05, 0) is 141 Å². The molecule has 69 heavy (non-hydrogen) atoms. The van der Waals surface area contributed by atoms with Crippen molar-refractivity contribution >= 4 is 40.5 Å².